The fourth-order valence-electron chi connectivity index (χ4n) is 1.90. The summed E-state index contributed by atoms with van der Waals surface area (Å²) >= 11 is 0. The Labute approximate surface area is 102 Å². The van der Waals surface area contributed by atoms with Crippen LogP contribution in [-0.2, 0) is 5.60 Å². The molecule has 0 aliphatic carbocycles. The molecule has 1 heteroatoms. The average Bonchev–Trinajstić information content (AvgIpc) is 2.40. The minimum absolute atomic E-state index is 0.876. The second-order valence-electron chi connectivity index (χ2n) is 4.27. The summed E-state index contributed by atoms with van der Waals surface area (Å²) in [6.07, 6.45) is 1.78. The summed E-state index contributed by atoms with van der Waals surface area (Å²) in [7, 11) is 0. The third-order valence-corrected chi connectivity index (χ3v) is 3.02. The molecule has 0 aromatic heterocycles. The van der Waals surface area contributed by atoms with Crippen molar-refractivity contribution >= 4 is 6.08 Å². The summed E-state index contributed by atoms with van der Waals surface area (Å²) in [5, 5.41) is 10.6. The molecule has 2 aromatic rings. The van der Waals surface area contributed by atoms with Crippen LogP contribution >= 0.6 is 0 Å². The SMILES string of the molecule is C=Cc1cccc(C(C)(O)c2ccccc2)c1. The Balaban J connectivity index is 2.47. The number of aliphatic hydroxyl groups is 1. The van der Waals surface area contributed by atoms with Crippen LogP contribution in [0.5, 0.6) is 0 Å². The predicted molar refractivity (Wildman–Crippen MR) is 71.6 cm³/mol. The molecule has 1 atom stereocenters. The van der Waals surface area contributed by atoms with Crippen LogP contribution in [0.1, 0.15) is 23.6 Å². The van der Waals surface area contributed by atoms with Gasteiger partial charge in [0.15, 0.2) is 0 Å². The molecule has 0 saturated carbocycles. The highest BCUT2D eigenvalue weighted by Crippen LogP contribution is 2.29. The molecular formula is C16H16O. The first-order valence-corrected chi connectivity index (χ1v) is 5.65. The smallest absolute Gasteiger partial charge is 0.112 e. The molecule has 86 valence electrons. The highest BCUT2D eigenvalue weighted by atomic mass is 16.3. The zero-order valence-electron chi connectivity index (χ0n) is 9.93. The van der Waals surface area contributed by atoms with Gasteiger partial charge in [-0.15, -0.1) is 0 Å². The molecule has 0 saturated heterocycles. The average molecular weight is 224 g/mol. The largest absolute Gasteiger partial charge is 0.381 e. The third kappa shape index (κ3) is 2.29. The van der Waals surface area contributed by atoms with E-state index in [4.69, 9.17) is 0 Å². The summed E-state index contributed by atoms with van der Waals surface area (Å²) in [6.45, 7) is 5.56. The molecule has 0 amide bonds. The van der Waals surface area contributed by atoms with Crippen LogP contribution in [-0.4, -0.2) is 5.11 Å². The van der Waals surface area contributed by atoms with Crippen LogP contribution in [0.15, 0.2) is 61.2 Å². The van der Waals surface area contributed by atoms with Crippen molar-refractivity contribution in [1.82, 2.24) is 0 Å². The monoisotopic (exact) mass is 224 g/mol. The van der Waals surface area contributed by atoms with Crippen LogP contribution in [0.25, 0.3) is 6.08 Å². The van der Waals surface area contributed by atoms with E-state index in [-0.39, 0.29) is 0 Å². The van der Waals surface area contributed by atoms with E-state index in [0.717, 1.165) is 16.7 Å². The van der Waals surface area contributed by atoms with Crippen molar-refractivity contribution in [2.75, 3.05) is 0 Å². The van der Waals surface area contributed by atoms with Gasteiger partial charge in [-0.2, -0.15) is 0 Å². The van der Waals surface area contributed by atoms with Gasteiger partial charge in [-0.1, -0.05) is 61.2 Å². The fraction of sp³-hybridized carbons (Fsp3) is 0.125. The van der Waals surface area contributed by atoms with Crippen molar-refractivity contribution in [3.63, 3.8) is 0 Å². The molecule has 2 aromatic carbocycles. The third-order valence-electron chi connectivity index (χ3n) is 3.02. The molecule has 0 aliphatic heterocycles. The number of hydrogen-bond acceptors (Lipinski definition) is 1. The topological polar surface area (TPSA) is 20.2 Å². The van der Waals surface area contributed by atoms with E-state index in [2.05, 4.69) is 6.58 Å². The zero-order chi connectivity index (χ0) is 12.3. The van der Waals surface area contributed by atoms with Gasteiger partial charge in [-0.25, -0.2) is 0 Å². The van der Waals surface area contributed by atoms with Gasteiger partial charge < -0.3 is 5.11 Å². The van der Waals surface area contributed by atoms with E-state index < -0.39 is 5.60 Å². The second-order valence-corrected chi connectivity index (χ2v) is 4.27. The highest BCUT2D eigenvalue weighted by Gasteiger charge is 2.25. The molecular weight excluding hydrogens is 208 g/mol. The summed E-state index contributed by atoms with van der Waals surface area (Å²) in [5.74, 6) is 0. The maximum atomic E-state index is 10.6. The zero-order valence-corrected chi connectivity index (χ0v) is 9.93. The Kier molecular flexibility index (Phi) is 3.12. The lowest BCUT2D eigenvalue weighted by Crippen LogP contribution is -2.22. The lowest BCUT2D eigenvalue weighted by atomic mass is 9.87. The fourth-order valence-corrected chi connectivity index (χ4v) is 1.90. The molecule has 0 aliphatic rings. The maximum absolute atomic E-state index is 10.6. The van der Waals surface area contributed by atoms with Crippen molar-refractivity contribution < 1.29 is 5.11 Å². The summed E-state index contributed by atoms with van der Waals surface area (Å²) in [4.78, 5) is 0. The van der Waals surface area contributed by atoms with Crippen LogP contribution in [0, 0.1) is 0 Å². The van der Waals surface area contributed by atoms with Crippen LogP contribution in [0.2, 0.25) is 0 Å². The molecule has 17 heavy (non-hydrogen) atoms. The van der Waals surface area contributed by atoms with Crippen molar-refractivity contribution in [2.45, 2.75) is 12.5 Å². The van der Waals surface area contributed by atoms with Crippen molar-refractivity contribution in [3.05, 3.63) is 77.9 Å². The van der Waals surface area contributed by atoms with Crippen LogP contribution in [0.4, 0.5) is 0 Å². The van der Waals surface area contributed by atoms with E-state index in [1.807, 2.05) is 61.5 Å². The number of benzene rings is 2. The first-order valence-electron chi connectivity index (χ1n) is 5.65. The second kappa shape index (κ2) is 4.56. The standard InChI is InChI=1S/C16H16O/c1-3-13-8-7-11-15(12-13)16(2,17)14-9-5-4-6-10-14/h3-12,17H,1H2,2H3. The van der Waals surface area contributed by atoms with Crippen molar-refractivity contribution in [1.29, 1.82) is 0 Å². The van der Waals surface area contributed by atoms with Gasteiger partial charge >= 0.3 is 0 Å². The molecule has 2 rings (SSSR count). The van der Waals surface area contributed by atoms with Gasteiger partial charge in [0.2, 0.25) is 0 Å². The molecule has 0 fully saturated rings. The molecule has 1 N–H and O–H groups in total. The Morgan fingerprint density at radius 3 is 2.29 bits per heavy atom. The molecule has 0 bridgehead atoms. The molecule has 0 heterocycles. The van der Waals surface area contributed by atoms with E-state index in [1.54, 1.807) is 6.08 Å². The van der Waals surface area contributed by atoms with E-state index in [1.165, 1.54) is 0 Å². The van der Waals surface area contributed by atoms with Gasteiger partial charge in [0, 0.05) is 0 Å². The number of hydrogen-bond donors (Lipinski definition) is 1. The first kappa shape index (κ1) is 11.6. The van der Waals surface area contributed by atoms with Crippen molar-refractivity contribution in [3.8, 4) is 0 Å². The molecule has 0 spiro atoms. The summed E-state index contributed by atoms with van der Waals surface area (Å²) in [5.41, 5.74) is 1.81. The summed E-state index contributed by atoms with van der Waals surface area (Å²) < 4.78 is 0. The summed E-state index contributed by atoms with van der Waals surface area (Å²) in [6, 6.07) is 17.5. The predicted octanol–water partition coefficient (Wildman–Crippen LogP) is 3.59. The van der Waals surface area contributed by atoms with E-state index >= 15 is 0 Å². The minimum Gasteiger partial charge on any atom is -0.381 e. The van der Waals surface area contributed by atoms with Crippen LogP contribution in [0.3, 0.4) is 0 Å². The molecule has 1 unspecified atom stereocenters. The lowest BCUT2D eigenvalue weighted by molar-refractivity contribution is 0.102. The minimum atomic E-state index is -0.972. The highest BCUT2D eigenvalue weighted by molar-refractivity contribution is 5.50. The van der Waals surface area contributed by atoms with E-state index in [0.29, 0.717) is 0 Å². The molecule has 1 nitrogen and oxygen atoms in total. The van der Waals surface area contributed by atoms with Gasteiger partial charge in [0.1, 0.15) is 5.60 Å². The normalized spacial score (nSPS) is 14.0. The first-order chi connectivity index (χ1) is 8.14. The van der Waals surface area contributed by atoms with Gasteiger partial charge in [0.25, 0.3) is 0 Å². The Bertz CT molecular complexity index is 512. The van der Waals surface area contributed by atoms with Gasteiger partial charge in [-0.05, 0) is 29.7 Å². The maximum Gasteiger partial charge on any atom is 0.112 e. The van der Waals surface area contributed by atoms with Gasteiger partial charge in [-0.3, -0.25) is 0 Å². The van der Waals surface area contributed by atoms with Gasteiger partial charge in [0.05, 0.1) is 0 Å². The Morgan fingerprint density at radius 1 is 1.00 bits per heavy atom. The molecule has 0 radical (unpaired) electrons. The van der Waals surface area contributed by atoms with Crippen molar-refractivity contribution in [2.24, 2.45) is 0 Å². The number of rotatable bonds is 3. The Morgan fingerprint density at radius 2 is 1.65 bits per heavy atom. The van der Waals surface area contributed by atoms with E-state index in [9.17, 15) is 5.11 Å². The Hall–Kier alpha value is -1.86. The lowest BCUT2D eigenvalue weighted by Gasteiger charge is -2.24. The van der Waals surface area contributed by atoms with Crippen LogP contribution < -0.4 is 0 Å². The quantitative estimate of drug-likeness (QED) is 0.844.